The number of primary amides is 1. The van der Waals surface area contributed by atoms with Crippen molar-refractivity contribution in [1.29, 1.82) is 0 Å². The molecule has 98 valence electrons. The Bertz CT molecular complexity index is 415. The molecule has 18 heavy (non-hydrogen) atoms. The third-order valence-corrected chi connectivity index (χ3v) is 3.31. The number of nitrogens with one attached hydrogen (secondary N) is 2. The fourth-order valence-corrected chi connectivity index (χ4v) is 2.11. The van der Waals surface area contributed by atoms with Crippen molar-refractivity contribution in [2.45, 2.75) is 13.3 Å². The molecule has 1 aromatic carbocycles. The summed E-state index contributed by atoms with van der Waals surface area (Å²) < 4.78 is 0. The highest BCUT2D eigenvalue weighted by Gasteiger charge is 1.98. The van der Waals surface area contributed by atoms with Crippen LogP contribution in [0.1, 0.15) is 12.5 Å². The molecule has 1 aromatic rings. The summed E-state index contributed by atoms with van der Waals surface area (Å²) in [5.74, 6) is 0.227. The Labute approximate surface area is 112 Å². The van der Waals surface area contributed by atoms with Gasteiger partial charge in [0, 0.05) is 18.8 Å². The Morgan fingerprint density at radius 3 is 2.56 bits per heavy atom. The van der Waals surface area contributed by atoms with Crippen molar-refractivity contribution in [2.75, 3.05) is 18.2 Å². The number of thioether (sulfide) groups is 1. The van der Waals surface area contributed by atoms with E-state index in [9.17, 15) is 4.79 Å². The normalized spacial score (nSPS) is 11.1. The molecule has 0 aliphatic rings. The van der Waals surface area contributed by atoms with Gasteiger partial charge in [-0.1, -0.05) is 30.8 Å². The first-order valence-electron chi connectivity index (χ1n) is 5.80. The first-order valence-corrected chi connectivity index (χ1v) is 6.78. The van der Waals surface area contributed by atoms with Crippen LogP contribution in [-0.2, 0) is 11.2 Å². The number of anilines is 1. The van der Waals surface area contributed by atoms with Gasteiger partial charge in [0.2, 0.25) is 5.91 Å². The van der Waals surface area contributed by atoms with Crippen LogP contribution in [0.2, 0.25) is 0 Å². The van der Waals surface area contributed by atoms with Crippen LogP contribution in [0.3, 0.4) is 0 Å². The second-order valence-corrected chi connectivity index (χ2v) is 4.69. The second kappa shape index (κ2) is 7.66. The maximum Gasteiger partial charge on any atom is 0.244 e. The first kappa shape index (κ1) is 14.4. The number of benzene rings is 1. The molecule has 0 atom stereocenters. The third kappa shape index (κ3) is 5.14. The molecule has 0 aliphatic carbocycles. The van der Waals surface area contributed by atoms with Crippen LogP contribution in [-0.4, -0.2) is 18.8 Å². The molecule has 0 unspecified atom stereocenters. The van der Waals surface area contributed by atoms with Gasteiger partial charge in [-0.15, -0.1) is 0 Å². The summed E-state index contributed by atoms with van der Waals surface area (Å²) in [4.78, 5) is 10.7. The van der Waals surface area contributed by atoms with E-state index >= 15 is 0 Å². The van der Waals surface area contributed by atoms with Crippen LogP contribution in [0.25, 0.3) is 0 Å². The van der Waals surface area contributed by atoms with Crippen LogP contribution in [0, 0.1) is 0 Å². The van der Waals surface area contributed by atoms with Crippen molar-refractivity contribution in [1.82, 2.24) is 5.32 Å². The van der Waals surface area contributed by atoms with Crippen molar-refractivity contribution in [2.24, 2.45) is 5.73 Å². The lowest BCUT2D eigenvalue weighted by atomic mass is 10.1. The van der Waals surface area contributed by atoms with Gasteiger partial charge in [-0.05, 0) is 24.1 Å². The topological polar surface area (TPSA) is 67.1 Å². The van der Waals surface area contributed by atoms with Gasteiger partial charge in [-0.25, -0.2) is 0 Å². The number of nitrogens with two attached hydrogens (primary N) is 1. The van der Waals surface area contributed by atoms with Gasteiger partial charge in [0.15, 0.2) is 0 Å². The molecule has 0 heterocycles. The number of carbonyl (C=O) groups is 1. The molecule has 0 saturated carbocycles. The van der Waals surface area contributed by atoms with Crippen LogP contribution in [0.4, 0.5) is 5.69 Å². The summed E-state index contributed by atoms with van der Waals surface area (Å²) in [5, 5.41) is 6.94. The van der Waals surface area contributed by atoms with Crippen LogP contribution in [0.15, 0.2) is 35.4 Å². The quantitative estimate of drug-likeness (QED) is 0.520. The van der Waals surface area contributed by atoms with Gasteiger partial charge in [-0.2, -0.15) is 0 Å². The highest BCUT2D eigenvalue weighted by atomic mass is 32.2. The molecule has 5 heteroatoms. The zero-order valence-corrected chi connectivity index (χ0v) is 11.5. The average Bonchev–Trinajstić information content (AvgIpc) is 2.38. The van der Waals surface area contributed by atoms with Gasteiger partial charge in [0.1, 0.15) is 0 Å². The molecule has 0 fully saturated rings. The van der Waals surface area contributed by atoms with Crippen molar-refractivity contribution in [3.8, 4) is 0 Å². The lowest BCUT2D eigenvalue weighted by Gasteiger charge is -2.09. The SMILES string of the molecule is CCc1ccc(NCS/C(=C/C(N)=O)NC)cc1. The van der Waals surface area contributed by atoms with E-state index in [1.807, 2.05) is 0 Å². The van der Waals surface area contributed by atoms with E-state index in [-0.39, 0.29) is 0 Å². The highest BCUT2D eigenvalue weighted by molar-refractivity contribution is 8.03. The monoisotopic (exact) mass is 265 g/mol. The first-order chi connectivity index (χ1) is 8.65. The number of hydrogen-bond acceptors (Lipinski definition) is 4. The maximum atomic E-state index is 10.7. The fourth-order valence-electron chi connectivity index (χ4n) is 1.37. The van der Waals surface area contributed by atoms with E-state index in [1.165, 1.54) is 23.4 Å². The predicted octanol–water partition coefficient (Wildman–Crippen LogP) is 1.90. The summed E-state index contributed by atoms with van der Waals surface area (Å²) in [6.07, 6.45) is 2.42. The lowest BCUT2D eigenvalue weighted by Crippen LogP contribution is -2.13. The standard InChI is InChI=1S/C13H19N3OS/c1-3-10-4-6-11(7-5-10)16-9-18-13(15-2)8-12(14)17/h4-8,15-16H,3,9H2,1-2H3,(H2,14,17)/b13-8+. The summed E-state index contributed by atoms with van der Waals surface area (Å²) in [7, 11) is 1.76. The molecule has 0 aliphatic heterocycles. The average molecular weight is 265 g/mol. The Balaban J connectivity index is 2.42. The predicted molar refractivity (Wildman–Crippen MR) is 78.2 cm³/mol. The lowest BCUT2D eigenvalue weighted by molar-refractivity contribution is -0.113. The van der Waals surface area contributed by atoms with Crippen molar-refractivity contribution in [3.05, 3.63) is 40.9 Å². The van der Waals surface area contributed by atoms with E-state index in [4.69, 9.17) is 5.73 Å². The summed E-state index contributed by atoms with van der Waals surface area (Å²) >= 11 is 1.49. The fraction of sp³-hybridized carbons (Fsp3) is 0.308. The largest absolute Gasteiger partial charge is 0.383 e. The Morgan fingerprint density at radius 2 is 2.06 bits per heavy atom. The van der Waals surface area contributed by atoms with Crippen LogP contribution >= 0.6 is 11.8 Å². The highest BCUT2D eigenvalue weighted by Crippen LogP contribution is 2.15. The molecule has 4 nitrogen and oxygen atoms in total. The van der Waals surface area contributed by atoms with Gasteiger partial charge >= 0.3 is 0 Å². The molecule has 1 rings (SSSR count). The minimum Gasteiger partial charge on any atom is -0.383 e. The number of carbonyl (C=O) groups excluding carboxylic acids is 1. The summed E-state index contributed by atoms with van der Waals surface area (Å²) in [5.41, 5.74) is 7.48. The Hall–Kier alpha value is -1.62. The second-order valence-electron chi connectivity index (χ2n) is 3.68. The summed E-state index contributed by atoms with van der Waals surface area (Å²) in [6, 6.07) is 8.31. The minimum atomic E-state index is -0.445. The Morgan fingerprint density at radius 1 is 1.39 bits per heavy atom. The van der Waals surface area contributed by atoms with E-state index in [1.54, 1.807) is 7.05 Å². The summed E-state index contributed by atoms with van der Waals surface area (Å²) in [6.45, 7) is 2.13. The van der Waals surface area contributed by atoms with Gasteiger partial charge in [0.25, 0.3) is 0 Å². The third-order valence-electron chi connectivity index (χ3n) is 2.39. The smallest absolute Gasteiger partial charge is 0.244 e. The van der Waals surface area contributed by atoms with E-state index in [0.29, 0.717) is 5.88 Å². The van der Waals surface area contributed by atoms with Crippen molar-refractivity contribution < 1.29 is 4.79 Å². The Kier molecular flexibility index (Phi) is 6.14. The van der Waals surface area contributed by atoms with Gasteiger partial charge in [-0.3, -0.25) is 4.79 Å². The van der Waals surface area contributed by atoms with E-state index in [0.717, 1.165) is 17.1 Å². The van der Waals surface area contributed by atoms with Crippen LogP contribution in [0.5, 0.6) is 0 Å². The zero-order chi connectivity index (χ0) is 13.4. The molecular formula is C13H19N3OS. The number of amides is 1. The van der Waals surface area contributed by atoms with Crippen molar-refractivity contribution in [3.63, 3.8) is 0 Å². The van der Waals surface area contributed by atoms with Gasteiger partial charge in [0.05, 0.1) is 10.9 Å². The van der Waals surface area contributed by atoms with Crippen molar-refractivity contribution >= 4 is 23.4 Å². The number of aryl methyl sites for hydroxylation is 1. The van der Waals surface area contributed by atoms with Gasteiger partial charge < -0.3 is 16.4 Å². The van der Waals surface area contributed by atoms with E-state index in [2.05, 4.69) is 41.8 Å². The maximum absolute atomic E-state index is 10.7. The molecular weight excluding hydrogens is 246 g/mol. The molecule has 4 N–H and O–H groups in total. The zero-order valence-electron chi connectivity index (χ0n) is 10.7. The molecule has 1 amide bonds. The number of hydrogen-bond donors (Lipinski definition) is 3. The molecule has 0 saturated heterocycles. The molecule has 0 bridgehead atoms. The van der Waals surface area contributed by atoms with E-state index < -0.39 is 5.91 Å². The molecule has 0 radical (unpaired) electrons. The molecule has 0 spiro atoms. The van der Waals surface area contributed by atoms with Crippen LogP contribution < -0.4 is 16.4 Å². The molecule has 0 aromatic heterocycles. The number of rotatable bonds is 7. The minimum absolute atomic E-state index is 0.445.